The van der Waals surface area contributed by atoms with E-state index in [0.717, 1.165) is 38.9 Å². The van der Waals surface area contributed by atoms with Crippen LogP contribution in [0.25, 0.3) is 55.8 Å². The molecule has 6 rings (SSSR count). The van der Waals surface area contributed by atoms with E-state index in [4.69, 9.17) is 21.6 Å². The molecule has 1 aromatic heterocycles. The van der Waals surface area contributed by atoms with Crippen LogP contribution in [-0.4, -0.2) is 9.97 Å². The van der Waals surface area contributed by atoms with Gasteiger partial charge in [0.2, 0.25) is 0 Å². The molecule has 0 N–H and O–H groups in total. The van der Waals surface area contributed by atoms with Crippen LogP contribution in [-0.2, 0) is 0 Å². The highest BCUT2D eigenvalue weighted by Crippen LogP contribution is 2.34. The number of halogens is 1. The van der Waals surface area contributed by atoms with Crippen molar-refractivity contribution in [3.05, 3.63) is 132 Å². The van der Waals surface area contributed by atoms with Gasteiger partial charge in [0.25, 0.3) is 0 Å². The second-order valence-electron chi connectivity index (χ2n) is 8.45. The lowest BCUT2D eigenvalue weighted by Gasteiger charge is -2.12. The van der Waals surface area contributed by atoms with Crippen LogP contribution in [0.3, 0.4) is 0 Å². The van der Waals surface area contributed by atoms with Crippen LogP contribution in [0.1, 0.15) is 0 Å². The molecule has 2 nitrogen and oxygen atoms in total. The fourth-order valence-electron chi connectivity index (χ4n) is 4.40. The van der Waals surface area contributed by atoms with E-state index < -0.39 is 0 Å². The first-order valence-electron chi connectivity index (χ1n) is 11.5. The van der Waals surface area contributed by atoms with Crippen LogP contribution in [0.2, 0.25) is 5.02 Å². The molecule has 5 aromatic carbocycles. The van der Waals surface area contributed by atoms with Crippen molar-refractivity contribution in [2.75, 3.05) is 0 Å². The summed E-state index contributed by atoms with van der Waals surface area (Å²) in [5.74, 6) is 0.689. The summed E-state index contributed by atoms with van der Waals surface area (Å²) in [7, 11) is 0. The Morgan fingerprint density at radius 2 is 1.03 bits per heavy atom. The Morgan fingerprint density at radius 1 is 0.457 bits per heavy atom. The van der Waals surface area contributed by atoms with Crippen molar-refractivity contribution >= 4 is 22.4 Å². The molecule has 0 aliphatic heterocycles. The third kappa shape index (κ3) is 4.32. The van der Waals surface area contributed by atoms with Gasteiger partial charge in [-0.1, -0.05) is 121 Å². The van der Waals surface area contributed by atoms with Crippen molar-refractivity contribution in [2.24, 2.45) is 0 Å². The number of hydrogen-bond acceptors (Lipinski definition) is 2. The normalized spacial score (nSPS) is 11.0. The molecule has 0 bridgehead atoms. The summed E-state index contributed by atoms with van der Waals surface area (Å²) in [6.07, 6.45) is 0. The summed E-state index contributed by atoms with van der Waals surface area (Å²) < 4.78 is 0. The molecule has 0 aliphatic rings. The molecule has 0 spiro atoms. The highest BCUT2D eigenvalue weighted by Gasteiger charge is 2.13. The van der Waals surface area contributed by atoms with Gasteiger partial charge in [-0.3, -0.25) is 0 Å². The van der Waals surface area contributed by atoms with Gasteiger partial charge >= 0.3 is 0 Å². The second-order valence-corrected chi connectivity index (χ2v) is 8.88. The second kappa shape index (κ2) is 9.17. The lowest BCUT2D eigenvalue weighted by Crippen LogP contribution is -1.96. The molecular weight excluding hydrogens is 448 g/mol. The van der Waals surface area contributed by atoms with Gasteiger partial charge in [0.1, 0.15) is 0 Å². The van der Waals surface area contributed by atoms with Crippen molar-refractivity contribution < 1.29 is 0 Å². The highest BCUT2D eigenvalue weighted by molar-refractivity contribution is 6.32. The molecule has 35 heavy (non-hydrogen) atoms. The van der Waals surface area contributed by atoms with E-state index in [1.165, 1.54) is 11.1 Å². The van der Waals surface area contributed by atoms with Gasteiger partial charge in [0.05, 0.1) is 11.4 Å². The lowest BCUT2D eigenvalue weighted by atomic mass is 9.99. The Labute approximate surface area is 209 Å². The maximum Gasteiger partial charge on any atom is 0.160 e. The summed E-state index contributed by atoms with van der Waals surface area (Å²) >= 11 is 6.52. The fourth-order valence-corrected chi connectivity index (χ4v) is 4.63. The summed E-state index contributed by atoms with van der Waals surface area (Å²) in [6.45, 7) is 0. The van der Waals surface area contributed by atoms with Gasteiger partial charge in [-0.15, -0.1) is 0 Å². The molecule has 0 aliphatic carbocycles. The number of hydrogen-bond donors (Lipinski definition) is 0. The third-order valence-electron chi connectivity index (χ3n) is 6.15. The quantitative estimate of drug-likeness (QED) is 0.258. The largest absolute Gasteiger partial charge is 0.228 e. The molecule has 3 heteroatoms. The van der Waals surface area contributed by atoms with Crippen LogP contribution in [0.4, 0.5) is 0 Å². The zero-order chi connectivity index (χ0) is 23.6. The molecule has 0 saturated carbocycles. The number of rotatable bonds is 4. The molecule has 0 saturated heterocycles. The number of aromatic nitrogens is 2. The molecule has 0 radical (unpaired) electrons. The van der Waals surface area contributed by atoms with Gasteiger partial charge in [0.15, 0.2) is 5.82 Å². The van der Waals surface area contributed by atoms with E-state index in [-0.39, 0.29) is 0 Å². The van der Waals surface area contributed by atoms with Gasteiger partial charge in [-0.05, 0) is 40.1 Å². The molecule has 0 amide bonds. The lowest BCUT2D eigenvalue weighted by molar-refractivity contribution is 1.18. The molecule has 0 unspecified atom stereocenters. The standard InChI is InChI=1S/C32H21ClN2/c33-27-19-26-13-7-8-14-28(26)29(20-27)31-21-30(34-32(35-31)25-11-5-2-6-12-25)24-17-15-23(16-18-24)22-9-3-1-4-10-22/h1-21H. The Kier molecular flexibility index (Phi) is 5.57. The van der Waals surface area contributed by atoms with E-state index in [1.54, 1.807) is 0 Å². The van der Waals surface area contributed by atoms with Crippen LogP contribution in [0.15, 0.2) is 127 Å². The highest BCUT2D eigenvalue weighted by atomic mass is 35.5. The van der Waals surface area contributed by atoms with E-state index in [9.17, 15) is 0 Å². The number of fused-ring (bicyclic) bond motifs is 1. The fraction of sp³-hybridized carbons (Fsp3) is 0. The monoisotopic (exact) mass is 468 g/mol. The first kappa shape index (κ1) is 21.3. The van der Waals surface area contributed by atoms with Gasteiger partial charge in [-0.25, -0.2) is 9.97 Å². The first-order valence-corrected chi connectivity index (χ1v) is 11.9. The van der Waals surface area contributed by atoms with Gasteiger partial charge < -0.3 is 0 Å². The minimum absolute atomic E-state index is 0.687. The Hall–Kier alpha value is -4.27. The zero-order valence-electron chi connectivity index (χ0n) is 18.9. The maximum absolute atomic E-state index is 6.52. The predicted molar refractivity (Wildman–Crippen MR) is 146 cm³/mol. The minimum Gasteiger partial charge on any atom is -0.228 e. The maximum atomic E-state index is 6.52. The molecular formula is C32H21ClN2. The van der Waals surface area contributed by atoms with Gasteiger partial charge in [0, 0.05) is 21.7 Å². The van der Waals surface area contributed by atoms with Crippen LogP contribution < -0.4 is 0 Å². The van der Waals surface area contributed by atoms with E-state index in [1.807, 2.05) is 60.7 Å². The minimum atomic E-state index is 0.687. The molecule has 0 fully saturated rings. The average molecular weight is 469 g/mol. The Morgan fingerprint density at radius 3 is 1.77 bits per heavy atom. The number of nitrogens with zero attached hydrogens (tertiary/aromatic N) is 2. The van der Waals surface area contributed by atoms with Crippen molar-refractivity contribution in [1.82, 2.24) is 9.97 Å². The summed E-state index contributed by atoms with van der Waals surface area (Å²) in [4.78, 5) is 9.95. The van der Waals surface area contributed by atoms with Crippen LogP contribution >= 0.6 is 11.6 Å². The molecule has 1 heterocycles. The van der Waals surface area contributed by atoms with Gasteiger partial charge in [-0.2, -0.15) is 0 Å². The molecule has 166 valence electrons. The van der Waals surface area contributed by atoms with Crippen molar-refractivity contribution in [1.29, 1.82) is 0 Å². The van der Waals surface area contributed by atoms with Crippen LogP contribution in [0, 0.1) is 0 Å². The third-order valence-corrected chi connectivity index (χ3v) is 6.37. The van der Waals surface area contributed by atoms with E-state index in [0.29, 0.717) is 10.8 Å². The first-order chi connectivity index (χ1) is 17.2. The van der Waals surface area contributed by atoms with Crippen molar-refractivity contribution in [3.8, 4) is 45.0 Å². The molecule has 0 atom stereocenters. The SMILES string of the molecule is Clc1cc(-c2cc(-c3ccc(-c4ccccc4)cc3)nc(-c3ccccc3)n2)c2ccccc2c1. The van der Waals surface area contributed by atoms with Crippen molar-refractivity contribution in [3.63, 3.8) is 0 Å². The van der Waals surface area contributed by atoms with Crippen molar-refractivity contribution in [2.45, 2.75) is 0 Å². The number of benzene rings is 5. The topological polar surface area (TPSA) is 25.8 Å². The molecule has 6 aromatic rings. The van der Waals surface area contributed by atoms with E-state index in [2.05, 4.69) is 66.7 Å². The smallest absolute Gasteiger partial charge is 0.160 e. The summed E-state index contributed by atoms with van der Waals surface area (Å²) in [5, 5.41) is 2.89. The van der Waals surface area contributed by atoms with E-state index >= 15 is 0 Å². The summed E-state index contributed by atoms with van der Waals surface area (Å²) in [6, 6.07) is 43.3. The predicted octanol–water partition coefficient (Wildman–Crippen LogP) is 8.95. The van der Waals surface area contributed by atoms with Crippen LogP contribution in [0.5, 0.6) is 0 Å². The Balaban J connectivity index is 1.53. The summed E-state index contributed by atoms with van der Waals surface area (Å²) in [5.41, 5.74) is 7.09. The zero-order valence-corrected chi connectivity index (χ0v) is 19.7. The Bertz CT molecular complexity index is 1630. The average Bonchev–Trinajstić information content (AvgIpc) is 2.93.